The molecule has 1 aromatic carbocycles. The summed E-state index contributed by atoms with van der Waals surface area (Å²) in [6.45, 7) is 0. The SMILES string of the molecule is N[C@]1(c2ccc(Cl)cc2)C[C@H](O)C1. The maximum atomic E-state index is 9.19. The Kier molecular flexibility index (Phi) is 2.06. The molecule has 3 heteroatoms. The molecule has 0 aromatic heterocycles. The van der Waals surface area contributed by atoms with E-state index in [0.717, 1.165) is 5.56 Å². The van der Waals surface area contributed by atoms with Gasteiger partial charge in [0.2, 0.25) is 0 Å². The lowest BCUT2D eigenvalue weighted by atomic mass is 9.71. The second-order valence-corrected chi connectivity index (χ2v) is 4.16. The lowest BCUT2D eigenvalue weighted by molar-refractivity contribution is 0.0209. The van der Waals surface area contributed by atoms with Gasteiger partial charge in [-0.15, -0.1) is 0 Å². The zero-order valence-electron chi connectivity index (χ0n) is 7.20. The summed E-state index contributed by atoms with van der Waals surface area (Å²) in [5, 5.41) is 9.91. The molecule has 0 heterocycles. The average Bonchev–Trinajstić information content (AvgIpc) is 2.03. The smallest absolute Gasteiger partial charge is 0.0582 e. The van der Waals surface area contributed by atoms with E-state index in [9.17, 15) is 5.11 Å². The number of aliphatic hydroxyl groups excluding tert-OH is 1. The maximum absolute atomic E-state index is 9.19. The summed E-state index contributed by atoms with van der Waals surface area (Å²) in [5.74, 6) is 0. The largest absolute Gasteiger partial charge is 0.393 e. The quantitative estimate of drug-likeness (QED) is 0.719. The monoisotopic (exact) mass is 197 g/mol. The molecule has 0 spiro atoms. The average molecular weight is 198 g/mol. The van der Waals surface area contributed by atoms with E-state index in [1.165, 1.54) is 0 Å². The zero-order valence-corrected chi connectivity index (χ0v) is 7.96. The Morgan fingerprint density at radius 1 is 1.31 bits per heavy atom. The van der Waals surface area contributed by atoms with E-state index in [1.807, 2.05) is 24.3 Å². The summed E-state index contributed by atoms with van der Waals surface area (Å²) in [6.07, 6.45) is 1.06. The van der Waals surface area contributed by atoms with Crippen molar-refractivity contribution in [3.63, 3.8) is 0 Å². The maximum Gasteiger partial charge on any atom is 0.0582 e. The molecule has 1 aromatic rings. The van der Waals surface area contributed by atoms with Gasteiger partial charge in [-0.25, -0.2) is 0 Å². The summed E-state index contributed by atoms with van der Waals surface area (Å²) in [7, 11) is 0. The highest BCUT2D eigenvalue weighted by molar-refractivity contribution is 6.30. The van der Waals surface area contributed by atoms with Gasteiger partial charge in [-0.1, -0.05) is 23.7 Å². The first-order valence-corrected chi connectivity index (χ1v) is 4.71. The minimum Gasteiger partial charge on any atom is -0.393 e. The first-order valence-electron chi connectivity index (χ1n) is 4.33. The van der Waals surface area contributed by atoms with E-state index in [2.05, 4.69) is 0 Å². The number of aliphatic hydroxyl groups is 1. The van der Waals surface area contributed by atoms with Crippen LogP contribution in [0.1, 0.15) is 18.4 Å². The minimum absolute atomic E-state index is 0.235. The van der Waals surface area contributed by atoms with Gasteiger partial charge in [-0.2, -0.15) is 0 Å². The van der Waals surface area contributed by atoms with Crippen LogP contribution in [0.25, 0.3) is 0 Å². The summed E-state index contributed by atoms with van der Waals surface area (Å²) >= 11 is 5.76. The predicted octanol–water partition coefficient (Wildman–Crippen LogP) is 1.65. The van der Waals surface area contributed by atoms with Crippen molar-refractivity contribution in [3.8, 4) is 0 Å². The Morgan fingerprint density at radius 3 is 2.31 bits per heavy atom. The van der Waals surface area contributed by atoms with Gasteiger partial charge in [0.1, 0.15) is 0 Å². The lowest BCUT2D eigenvalue weighted by Crippen LogP contribution is -2.51. The molecule has 13 heavy (non-hydrogen) atoms. The number of hydrogen-bond donors (Lipinski definition) is 2. The Balaban J connectivity index is 2.22. The predicted molar refractivity (Wildman–Crippen MR) is 52.6 cm³/mol. The molecule has 70 valence electrons. The van der Waals surface area contributed by atoms with Gasteiger partial charge < -0.3 is 10.8 Å². The highest BCUT2D eigenvalue weighted by Gasteiger charge is 2.41. The van der Waals surface area contributed by atoms with Crippen LogP contribution in [-0.4, -0.2) is 11.2 Å². The number of hydrogen-bond acceptors (Lipinski definition) is 2. The minimum atomic E-state index is -0.329. The third kappa shape index (κ3) is 1.57. The molecule has 0 atom stereocenters. The summed E-state index contributed by atoms with van der Waals surface area (Å²) < 4.78 is 0. The Labute approximate surface area is 82.3 Å². The normalized spacial score (nSPS) is 32.7. The van der Waals surface area contributed by atoms with Crippen LogP contribution in [0.3, 0.4) is 0 Å². The molecular weight excluding hydrogens is 186 g/mol. The molecule has 2 rings (SSSR count). The van der Waals surface area contributed by atoms with E-state index in [0.29, 0.717) is 17.9 Å². The first kappa shape index (κ1) is 9.00. The van der Waals surface area contributed by atoms with E-state index < -0.39 is 0 Å². The summed E-state index contributed by atoms with van der Waals surface area (Å²) in [5.41, 5.74) is 6.79. The first-order chi connectivity index (χ1) is 6.10. The van der Waals surface area contributed by atoms with Gasteiger partial charge >= 0.3 is 0 Å². The van der Waals surface area contributed by atoms with Crippen molar-refractivity contribution in [3.05, 3.63) is 34.9 Å². The molecule has 0 radical (unpaired) electrons. The standard InChI is InChI=1S/C10H12ClNO/c11-8-3-1-7(2-4-8)10(12)5-9(13)6-10/h1-4,9,13H,5-6,12H2/t9-,10+. The van der Waals surface area contributed by atoms with Crippen molar-refractivity contribution in [1.82, 2.24) is 0 Å². The van der Waals surface area contributed by atoms with Crippen molar-refractivity contribution in [1.29, 1.82) is 0 Å². The van der Waals surface area contributed by atoms with Crippen molar-refractivity contribution in [2.24, 2.45) is 5.73 Å². The molecule has 1 fully saturated rings. The number of halogens is 1. The fraction of sp³-hybridized carbons (Fsp3) is 0.400. The van der Waals surface area contributed by atoms with Gasteiger partial charge in [0.05, 0.1) is 6.10 Å². The zero-order chi connectivity index (χ0) is 9.47. The molecule has 1 aliphatic rings. The molecule has 0 saturated heterocycles. The van der Waals surface area contributed by atoms with Gasteiger partial charge in [0.15, 0.2) is 0 Å². The van der Waals surface area contributed by atoms with E-state index in [-0.39, 0.29) is 11.6 Å². The summed E-state index contributed by atoms with van der Waals surface area (Å²) in [6, 6.07) is 7.51. The molecular formula is C10H12ClNO. The highest BCUT2D eigenvalue weighted by Crippen LogP contribution is 2.39. The molecule has 2 nitrogen and oxygen atoms in total. The van der Waals surface area contributed by atoms with Crippen molar-refractivity contribution < 1.29 is 5.11 Å². The van der Waals surface area contributed by atoms with Crippen LogP contribution in [0, 0.1) is 0 Å². The van der Waals surface area contributed by atoms with Crippen LogP contribution in [-0.2, 0) is 5.54 Å². The molecule has 0 amide bonds. The van der Waals surface area contributed by atoms with Gasteiger partial charge in [0, 0.05) is 10.6 Å². The second-order valence-electron chi connectivity index (χ2n) is 3.73. The van der Waals surface area contributed by atoms with E-state index in [4.69, 9.17) is 17.3 Å². The third-order valence-corrected chi connectivity index (χ3v) is 2.87. The molecule has 1 aliphatic carbocycles. The van der Waals surface area contributed by atoms with Crippen LogP contribution in [0.15, 0.2) is 24.3 Å². The van der Waals surface area contributed by atoms with Gasteiger partial charge in [-0.3, -0.25) is 0 Å². The number of rotatable bonds is 1. The molecule has 1 saturated carbocycles. The molecule has 0 unspecified atom stereocenters. The Morgan fingerprint density at radius 2 is 1.85 bits per heavy atom. The Hall–Kier alpha value is -0.570. The third-order valence-electron chi connectivity index (χ3n) is 2.62. The van der Waals surface area contributed by atoms with Crippen molar-refractivity contribution >= 4 is 11.6 Å². The van der Waals surface area contributed by atoms with Crippen LogP contribution < -0.4 is 5.73 Å². The van der Waals surface area contributed by atoms with Crippen LogP contribution in [0.2, 0.25) is 5.02 Å². The van der Waals surface area contributed by atoms with E-state index in [1.54, 1.807) is 0 Å². The molecule has 0 bridgehead atoms. The van der Waals surface area contributed by atoms with Crippen LogP contribution in [0.5, 0.6) is 0 Å². The molecule has 3 N–H and O–H groups in total. The van der Waals surface area contributed by atoms with E-state index >= 15 is 0 Å². The van der Waals surface area contributed by atoms with Crippen LogP contribution >= 0.6 is 11.6 Å². The Bertz CT molecular complexity index is 303. The molecule has 0 aliphatic heterocycles. The number of nitrogens with two attached hydrogens (primary N) is 1. The summed E-state index contributed by atoms with van der Waals surface area (Å²) in [4.78, 5) is 0. The van der Waals surface area contributed by atoms with Gasteiger partial charge in [0.25, 0.3) is 0 Å². The van der Waals surface area contributed by atoms with Crippen molar-refractivity contribution in [2.45, 2.75) is 24.5 Å². The fourth-order valence-electron chi connectivity index (χ4n) is 1.80. The second kappa shape index (κ2) is 2.98. The highest BCUT2D eigenvalue weighted by atomic mass is 35.5. The van der Waals surface area contributed by atoms with Crippen LogP contribution in [0.4, 0.5) is 0 Å². The lowest BCUT2D eigenvalue weighted by Gasteiger charge is -2.42. The van der Waals surface area contributed by atoms with Gasteiger partial charge in [-0.05, 0) is 30.5 Å². The number of benzene rings is 1. The fourth-order valence-corrected chi connectivity index (χ4v) is 1.92. The van der Waals surface area contributed by atoms with Crippen molar-refractivity contribution in [2.75, 3.05) is 0 Å². The topological polar surface area (TPSA) is 46.2 Å².